The fourth-order valence-corrected chi connectivity index (χ4v) is 3.26. The maximum atomic E-state index is 9.65. The lowest BCUT2D eigenvalue weighted by atomic mass is 10.1. The van der Waals surface area contributed by atoms with Crippen molar-refractivity contribution in [2.45, 2.75) is 19.9 Å². The number of aromatic amines is 1. The van der Waals surface area contributed by atoms with Crippen LogP contribution in [0.25, 0.3) is 11.5 Å². The Kier molecular flexibility index (Phi) is 4.17. The molecule has 0 radical (unpaired) electrons. The maximum absolute atomic E-state index is 9.65. The molecule has 0 amide bonds. The minimum atomic E-state index is 0.162. The Morgan fingerprint density at radius 2 is 2.33 bits per heavy atom. The van der Waals surface area contributed by atoms with Crippen molar-refractivity contribution in [2.24, 2.45) is 5.92 Å². The Morgan fingerprint density at radius 1 is 1.43 bits per heavy atom. The molecule has 0 saturated carbocycles. The van der Waals surface area contributed by atoms with Crippen LogP contribution < -0.4 is 0 Å². The summed E-state index contributed by atoms with van der Waals surface area (Å²) in [5.74, 6) is 1.02. The van der Waals surface area contributed by atoms with Crippen molar-refractivity contribution in [1.29, 1.82) is 0 Å². The molecule has 3 aromatic heterocycles. The molecule has 0 aromatic carbocycles. The first kappa shape index (κ1) is 14.0. The highest BCUT2D eigenvalue weighted by Gasteiger charge is 2.15. The second kappa shape index (κ2) is 6.24. The van der Waals surface area contributed by atoms with E-state index in [9.17, 15) is 5.11 Å². The van der Waals surface area contributed by atoms with Crippen LogP contribution in [0, 0.1) is 12.8 Å². The molecule has 110 valence electrons. The molecule has 5 nitrogen and oxygen atoms in total. The van der Waals surface area contributed by atoms with Gasteiger partial charge in [0.05, 0.1) is 6.33 Å². The number of rotatable bonds is 6. The topological polar surface area (TPSA) is 66.7 Å². The smallest absolute Gasteiger partial charge is 0.160 e. The minimum absolute atomic E-state index is 0.162. The molecule has 2 N–H and O–H groups in total. The number of imidazole rings is 2. The van der Waals surface area contributed by atoms with E-state index >= 15 is 0 Å². The number of hydrogen-bond donors (Lipinski definition) is 2. The van der Waals surface area contributed by atoms with Crippen molar-refractivity contribution in [1.82, 2.24) is 19.5 Å². The Bertz CT molecular complexity index is 686. The van der Waals surface area contributed by atoms with Crippen LogP contribution in [0.2, 0.25) is 0 Å². The third-order valence-electron chi connectivity index (χ3n) is 3.54. The number of nitrogens with one attached hydrogen (secondary N) is 1. The van der Waals surface area contributed by atoms with Gasteiger partial charge in [-0.05, 0) is 24.8 Å². The highest BCUT2D eigenvalue weighted by molar-refractivity contribution is 7.09. The fourth-order valence-electron chi connectivity index (χ4n) is 2.44. The van der Waals surface area contributed by atoms with Gasteiger partial charge in [0.2, 0.25) is 0 Å². The van der Waals surface area contributed by atoms with E-state index in [1.54, 1.807) is 23.9 Å². The van der Waals surface area contributed by atoms with Crippen molar-refractivity contribution >= 4 is 11.3 Å². The average Bonchev–Trinajstić information content (AvgIpc) is 3.20. The summed E-state index contributed by atoms with van der Waals surface area (Å²) in [4.78, 5) is 13.1. The van der Waals surface area contributed by atoms with Gasteiger partial charge in [0.25, 0.3) is 0 Å². The summed E-state index contributed by atoms with van der Waals surface area (Å²) < 4.78 is 2.07. The number of aryl methyl sites for hydroxylation is 1. The van der Waals surface area contributed by atoms with E-state index in [4.69, 9.17) is 0 Å². The van der Waals surface area contributed by atoms with Crippen molar-refractivity contribution in [3.63, 3.8) is 0 Å². The van der Waals surface area contributed by atoms with Crippen LogP contribution in [0.5, 0.6) is 0 Å². The van der Waals surface area contributed by atoms with Crippen LogP contribution >= 0.6 is 11.3 Å². The van der Waals surface area contributed by atoms with Crippen LogP contribution in [0.4, 0.5) is 0 Å². The lowest BCUT2D eigenvalue weighted by Gasteiger charge is -2.15. The molecule has 0 aliphatic rings. The number of thiophene rings is 1. The lowest BCUT2D eigenvalue weighted by Crippen LogP contribution is -2.17. The molecule has 3 heterocycles. The number of nitrogens with zero attached hydrogens (tertiary/aromatic N) is 3. The normalized spacial score (nSPS) is 12.7. The van der Waals surface area contributed by atoms with Crippen molar-refractivity contribution < 1.29 is 5.11 Å². The first-order valence-electron chi connectivity index (χ1n) is 6.92. The number of H-pyrrole nitrogens is 1. The Labute approximate surface area is 127 Å². The fraction of sp³-hybridized carbons (Fsp3) is 0.333. The van der Waals surface area contributed by atoms with Crippen LogP contribution in [-0.4, -0.2) is 31.2 Å². The molecule has 0 fully saturated rings. The molecular formula is C15H18N4OS. The summed E-state index contributed by atoms with van der Waals surface area (Å²) in [7, 11) is 0. The zero-order chi connectivity index (χ0) is 14.7. The van der Waals surface area contributed by atoms with Crippen molar-refractivity contribution in [3.05, 3.63) is 46.8 Å². The van der Waals surface area contributed by atoms with Crippen molar-refractivity contribution in [3.8, 4) is 11.5 Å². The molecule has 0 unspecified atom stereocenters. The van der Waals surface area contributed by atoms with Crippen LogP contribution in [0.15, 0.2) is 36.2 Å². The molecule has 3 rings (SSSR count). The van der Waals surface area contributed by atoms with Crippen molar-refractivity contribution in [2.75, 3.05) is 6.61 Å². The predicted molar refractivity (Wildman–Crippen MR) is 83.1 cm³/mol. The minimum Gasteiger partial charge on any atom is -0.396 e. The molecular weight excluding hydrogens is 284 g/mol. The molecule has 21 heavy (non-hydrogen) atoms. The summed E-state index contributed by atoms with van der Waals surface area (Å²) in [5, 5.41) is 11.7. The van der Waals surface area contributed by atoms with Crippen LogP contribution in [0.3, 0.4) is 0 Å². The first-order valence-corrected chi connectivity index (χ1v) is 7.80. The van der Waals surface area contributed by atoms with Gasteiger partial charge in [-0.3, -0.25) is 0 Å². The number of aliphatic hydroxyl groups is 1. The van der Waals surface area contributed by atoms with E-state index in [0.717, 1.165) is 30.2 Å². The van der Waals surface area contributed by atoms with Gasteiger partial charge < -0.3 is 14.7 Å². The number of aliphatic hydroxyl groups excluding tert-OH is 1. The molecule has 0 saturated heterocycles. The van der Waals surface area contributed by atoms with Crippen LogP contribution in [0.1, 0.15) is 10.6 Å². The summed E-state index contributed by atoms with van der Waals surface area (Å²) in [6, 6.07) is 4.16. The molecule has 0 aliphatic heterocycles. The predicted octanol–water partition coefficient (Wildman–Crippen LogP) is 2.49. The largest absolute Gasteiger partial charge is 0.396 e. The summed E-state index contributed by atoms with van der Waals surface area (Å²) in [6.45, 7) is 2.88. The standard InChI is InChI=1S/C15H18N4OS/c1-11-14(18-10-17-11)15-16-4-5-19(15)8-12(9-20)7-13-3-2-6-21-13/h2-6,10,12,20H,7-9H2,1H3,(H,17,18)/t12-/m0/s1. The van der Waals surface area contributed by atoms with E-state index in [-0.39, 0.29) is 12.5 Å². The van der Waals surface area contributed by atoms with E-state index in [1.807, 2.05) is 19.2 Å². The van der Waals surface area contributed by atoms with Gasteiger partial charge in [-0.15, -0.1) is 11.3 Å². The molecule has 0 bridgehead atoms. The second-order valence-corrected chi connectivity index (χ2v) is 6.14. The van der Waals surface area contributed by atoms with E-state index in [2.05, 4.69) is 31.0 Å². The average molecular weight is 302 g/mol. The van der Waals surface area contributed by atoms with Crippen LogP contribution in [-0.2, 0) is 13.0 Å². The SMILES string of the molecule is Cc1[nH]cnc1-c1nccn1C[C@@H](CO)Cc1cccs1. The third-order valence-corrected chi connectivity index (χ3v) is 4.44. The lowest BCUT2D eigenvalue weighted by molar-refractivity contribution is 0.211. The van der Waals surface area contributed by atoms with Gasteiger partial charge in [0, 0.05) is 42.0 Å². The highest BCUT2D eigenvalue weighted by atomic mass is 32.1. The van der Waals surface area contributed by atoms with Gasteiger partial charge in [-0.25, -0.2) is 9.97 Å². The quantitative estimate of drug-likeness (QED) is 0.735. The summed E-state index contributed by atoms with van der Waals surface area (Å²) in [5.41, 5.74) is 1.87. The Morgan fingerprint density at radius 3 is 3.00 bits per heavy atom. The monoisotopic (exact) mass is 302 g/mol. The third kappa shape index (κ3) is 3.06. The molecule has 0 spiro atoms. The van der Waals surface area contributed by atoms with Gasteiger partial charge in [0.15, 0.2) is 5.82 Å². The molecule has 6 heteroatoms. The van der Waals surface area contributed by atoms with E-state index < -0.39 is 0 Å². The van der Waals surface area contributed by atoms with Gasteiger partial charge in [-0.2, -0.15) is 0 Å². The Hall–Kier alpha value is -1.92. The zero-order valence-corrected chi connectivity index (χ0v) is 12.7. The van der Waals surface area contributed by atoms with Gasteiger partial charge in [-0.1, -0.05) is 6.07 Å². The molecule has 0 aliphatic carbocycles. The Balaban J connectivity index is 1.78. The zero-order valence-electron chi connectivity index (χ0n) is 11.9. The number of hydrogen-bond acceptors (Lipinski definition) is 4. The summed E-state index contributed by atoms with van der Waals surface area (Å²) >= 11 is 1.73. The summed E-state index contributed by atoms with van der Waals surface area (Å²) in [6.07, 6.45) is 6.29. The van der Waals surface area contributed by atoms with Gasteiger partial charge >= 0.3 is 0 Å². The second-order valence-electron chi connectivity index (χ2n) is 5.11. The van der Waals surface area contributed by atoms with E-state index in [0.29, 0.717) is 0 Å². The molecule has 3 aromatic rings. The maximum Gasteiger partial charge on any atom is 0.160 e. The number of aromatic nitrogens is 4. The molecule has 1 atom stereocenters. The first-order chi connectivity index (χ1) is 10.3. The highest BCUT2D eigenvalue weighted by Crippen LogP contribution is 2.21. The van der Waals surface area contributed by atoms with Gasteiger partial charge in [0.1, 0.15) is 5.69 Å². The van der Waals surface area contributed by atoms with E-state index in [1.165, 1.54) is 4.88 Å².